The molecule has 0 bridgehead atoms. The number of piperazine rings is 1. The average Bonchev–Trinajstić information content (AvgIpc) is 2.47. The summed E-state index contributed by atoms with van der Waals surface area (Å²) >= 11 is 5.01. The minimum absolute atomic E-state index is 0.0694. The highest BCUT2D eigenvalue weighted by Crippen LogP contribution is 2.22. The number of rotatable bonds is 5. The maximum absolute atomic E-state index is 11.9. The van der Waals surface area contributed by atoms with Crippen LogP contribution in [0.3, 0.4) is 0 Å². The zero-order chi connectivity index (χ0) is 15.4. The Kier molecular flexibility index (Phi) is 5.14. The molecule has 0 saturated carbocycles. The van der Waals surface area contributed by atoms with E-state index < -0.39 is 0 Å². The van der Waals surface area contributed by atoms with Gasteiger partial charge in [-0.25, -0.2) is 0 Å². The summed E-state index contributed by atoms with van der Waals surface area (Å²) in [4.78, 5) is 14.4. The van der Waals surface area contributed by atoms with Gasteiger partial charge in [0.05, 0.1) is 18.7 Å². The van der Waals surface area contributed by atoms with Crippen molar-refractivity contribution in [1.82, 2.24) is 10.2 Å². The second kappa shape index (κ2) is 6.87. The van der Waals surface area contributed by atoms with E-state index in [1.807, 2.05) is 25.1 Å². The van der Waals surface area contributed by atoms with Crippen molar-refractivity contribution in [3.05, 3.63) is 29.3 Å². The summed E-state index contributed by atoms with van der Waals surface area (Å²) in [6.45, 7) is 4.28. The van der Waals surface area contributed by atoms with E-state index >= 15 is 0 Å². The number of benzene rings is 1. The van der Waals surface area contributed by atoms with Crippen LogP contribution in [0.5, 0.6) is 5.75 Å². The van der Waals surface area contributed by atoms with Gasteiger partial charge in [0.2, 0.25) is 5.91 Å². The number of ether oxygens (including phenoxy) is 1. The number of carbonyl (C=O) groups is 1. The van der Waals surface area contributed by atoms with E-state index in [-0.39, 0.29) is 11.9 Å². The number of thiocarbonyl (C=S) groups is 1. The first-order valence-corrected chi connectivity index (χ1v) is 7.46. The van der Waals surface area contributed by atoms with E-state index in [0.717, 1.165) is 24.1 Å². The molecule has 1 heterocycles. The van der Waals surface area contributed by atoms with Gasteiger partial charge in [0.1, 0.15) is 10.7 Å². The molecule has 0 spiro atoms. The summed E-state index contributed by atoms with van der Waals surface area (Å²) in [6, 6.07) is 5.73. The van der Waals surface area contributed by atoms with E-state index in [4.69, 9.17) is 22.7 Å². The van der Waals surface area contributed by atoms with Crippen molar-refractivity contribution < 1.29 is 9.53 Å². The standard InChI is InChI=1S/C15H21N3O2S/c1-3-12-15(19)17-6-7-18(12)9-10-4-5-11(14(16)21)13(8-10)20-2/h4-5,8,12H,3,6-7,9H2,1-2H3,(H2,16,21)(H,17,19). The molecule has 1 aliphatic heterocycles. The summed E-state index contributed by atoms with van der Waals surface area (Å²) in [5.41, 5.74) is 7.49. The number of nitrogens with two attached hydrogens (primary N) is 1. The molecule has 1 fully saturated rings. The predicted octanol–water partition coefficient (Wildman–Crippen LogP) is 1.04. The van der Waals surface area contributed by atoms with Crippen molar-refractivity contribution in [3.63, 3.8) is 0 Å². The summed E-state index contributed by atoms with van der Waals surface area (Å²) in [6.07, 6.45) is 0.800. The normalized spacial score (nSPS) is 19.1. The number of nitrogens with zero attached hydrogens (tertiary/aromatic N) is 1. The minimum atomic E-state index is -0.0694. The van der Waals surface area contributed by atoms with Gasteiger partial charge in [0.25, 0.3) is 0 Å². The molecule has 1 saturated heterocycles. The zero-order valence-electron chi connectivity index (χ0n) is 12.4. The monoisotopic (exact) mass is 307 g/mol. The van der Waals surface area contributed by atoms with Crippen molar-refractivity contribution in [2.75, 3.05) is 20.2 Å². The topological polar surface area (TPSA) is 67.6 Å². The van der Waals surface area contributed by atoms with Crippen molar-refractivity contribution in [3.8, 4) is 5.75 Å². The van der Waals surface area contributed by atoms with Gasteiger partial charge in [-0.3, -0.25) is 9.69 Å². The number of methoxy groups -OCH3 is 1. The number of nitrogens with one attached hydrogen (secondary N) is 1. The summed E-state index contributed by atoms with van der Waals surface area (Å²) in [7, 11) is 1.60. The third-order valence-electron chi connectivity index (χ3n) is 3.75. The Morgan fingerprint density at radius 2 is 2.33 bits per heavy atom. The van der Waals surface area contributed by atoms with Crippen LogP contribution in [0.4, 0.5) is 0 Å². The van der Waals surface area contributed by atoms with Gasteiger partial charge in [-0.2, -0.15) is 0 Å². The van der Waals surface area contributed by atoms with Crippen LogP contribution < -0.4 is 15.8 Å². The lowest BCUT2D eigenvalue weighted by molar-refractivity contribution is -0.129. The largest absolute Gasteiger partial charge is 0.496 e. The first-order valence-electron chi connectivity index (χ1n) is 7.05. The molecule has 0 radical (unpaired) electrons. The van der Waals surface area contributed by atoms with Crippen LogP contribution in [-0.4, -0.2) is 42.0 Å². The van der Waals surface area contributed by atoms with Crippen molar-refractivity contribution in [1.29, 1.82) is 0 Å². The molecule has 1 aromatic carbocycles. The number of hydrogen-bond donors (Lipinski definition) is 2. The molecule has 0 aromatic heterocycles. The third-order valence-corrected chi connectivity index (χ3v) is 3.97. The van der Waals surface area contributed by atoms with Gasteiger partial charge in [0.15, 0.2) is 0 Å². The Morgan fingerprint density at radius 1 is 1.57 bits per heavy atom. The summed E-state index contributed by atoms with van der Waals surface area (Å²) in [5, 5.41) is 2.91. The molecule has 2 rings (SSSR count). The van der Waals surface area contributed by atoms with Crippen LogP contribution in [0.25, 0.3) is 0 Å². The molecular formula is C15H21N3O2S. The van der Waals surface area contributed by atoms with Crippen molar-refractivity contribution in [2.24, 2.45) is 5.73 Å². The molecule has 6 heteroatoms. The quantitative estimate of drug-likeness (QED) is 0.796. The predicted molar refractivity (Wildman–Crippen MR) is 86.4 cm³/mol. The highest BCUT2D eigenvalue weighted by molar-refractivity contribution is 7.80. The molecule has 1 unspecified atom stereocenters. The second-order valence-corrected chi connectivity index (χ2v) is 5.52. The van der Waals surface area contributed by atoms with Crippen LogP contribution in [0.15, 0.2) is 18.2 Å². The van der Waals surface area contributed by atoms with Crippen LogP contribution in [0, 0.1) is 0 Å². The Bertz CT molecular complexity index is 548. The van der Waals surface area contributed by atoms with E-state index in [9.17, 15) is 4.79 Å². The fourth-order valence-electron chi connectivity index (χ4n) is 2.67. The van der Waals surface area contributed by atoms with Crippen molar-refractivity contribution >= 4 is 23.1 Å². The second-order valence-electron chi connectivity index (χ2n) is 5.08. The highest BCUT2D eigenvalue weighted by Gasteiger charge is 2.27. The molecule has 1 aromatic rings. The Labute approximate surface area is 130 Å². The van der Waals surface area contributed by atoms with E-state index in [1.54, 1.807) is 7.11 Å². The fraction of sp³-hybridized carbons (Fsp3) is 0.467. The minimum Gasteiger partial charge on any atom is -0.496 e. The highest BCUT2D eigenvalue weighted by atomic mass is 32.1. The van der Waals surface area contributed by atoms with E-state index in [0.29, 0.717) is 23.8 Å². The molecule has 114 valence electrons. The average molecular weight is 307 g/mol. The van der Waals surface area contributed by atoms with E-state index in [1.165, 1.54) is 0 Å². The molecule has 3 N–H and O–H groups in total. The number of hydrogen-bond acceptors (Lipinski definition) is 4. The zero-order valence-corrected chi connectivity index (χ0v) is 13.2. The summed E-state index contributed by atoms with van der Waals surface area (Å²) in [5.74, 6) is 0.782. The van der Waals surface area contributed by atoms with Crippen LogP contribution in [0.1, 0.15) is 24.5 Å². The Morgan fingerprint density at radius 3 is 2.95 bits per heavy atom. The van der Waals surface area contributed by atoms with Crippen molar-refractivity contribution in [2.45, 2.75) is 25.9 Å². The van der Waals surface area contributed by atoms with Gasteiger partial charge in [-0.05, 0) is 24.1 Å². The first-order chi connectivity index (χ1) is 10.1. The Hall–Kier alpha value is -1.66. The lowest BCUT2D eigenvalue weighted by Crippen LogP contribution is -2.54. The molecule has 1 atom stereocenters. The molecule has 1 aliphatic rings. The SMILES string of the molecule is CCC1C(=O)NCCN1Cc1ccc(C(N)=S)c(OC)c1. The maximum Gasteiger partial charge on any atom is 0.237 e. The molecule has 0 aliphatic carbocycles. The maximum atomic E-state index is 11.9. The van der Waals surface area contributed by atoms with Crippen LogP contribution >= 0.6 is 12.2 Å². The first kappa shape index (κ1) is 15.7. The molecular weight excluding hydrogens is 286 g/mol. The molecule has 1 amide bonds. The number of amides is 1. The van der Waals surface area contributed by atoms with Gasteiger partial charge in [-0.15, -0.1) is 0 Å². The summed E-state index contributed by atoms with van der Waals surface area (Å²) < 4.78 is 5.35. The third kappa shape index (κ3) is 3.51. The van der Waals surface area contributed by atoms with E-state index in [2.05, 4.69) is 10.2 Å². The van der Waals surface area contributed by atoms with Gasteiger partial charge in [0, 0.05) is 19.6 Å². The lowest BCUT2D eigenvalue weighted by atomic mass is 10.1. The molecule has 5 nitrogen and oxygen atoms in total. The molecule has 21 heavy (non-hydrogen) atoms. The van der Waals surface area contributed by atoms with Gasteiger partial charge < -0.3 is 15.8 Å². The smallest absolute Gasteiger partial charge is 0.237 e. The van der Waals surface area contributed by atoms with Gasteiger partial charge in [-0.1, -0.05) is 25.2 Å². The van der Waals surface area contributed by atoms with Gasteiger partial charge >= 0.3 is 0 Å². The lowest BCUT2D eigenvalue weighted by Gasteiger charge is -2.34. The van der Waals surface area contributed by atoms with Crippen LogP contribution in [0.2, 0.25) is 0 Å². The Balaban J connectivity index is 2.19. The van der Waals surface area contributed by atoms with Crippen LogP contribution in [-0.2, 0) is 11.3 Å². The fourth-order valence-corrected chi connectivity index (χ4v) is 2.84. The number of carbonyl (C=O) groups excluding carboxylic acids is 1.